The first-order valence-electron chi connectivity index (χ1n) is 8.47. The number of hydrogen-bond acceptors (Lipinski definition) is 5. The molecular formula is C19H22N4O3S. The van der Waals surface area contributed by atoms with E-state index < -0.39 is 15.7 Å². The van der Waals surface area contributed by atoms with Gasteiger partial charge in [-0.05, 0) is 36.2 Å². The summed E-state index contributed by atoms with van der Waals surface area (Å²) < 4.78 is 27.2. The first-order chi connectivity index (χ1) is 12.6. The van der Waals surface area contributed by atoms with Crippen LogP contribution in [0.3, 0.4) is 0 Å². The Hall–Kier alpha value is -2.87. The fourth-order valence-corrected chi connectivity index (χ4v) is 4.31. The van der Waals surface area contributed by atoms with Crippen molar-refractivity contribution in [3.05, 3.63) is 47.7 Å². The van der Waals surface area contributed by atoms with Crippen molar-refractivity contribution in [2.24, 2.45) is 5.73 Å². The van der Waals surface area contributed by atoms with Crippen LogP contribution in [0.4, 0.5) is 5.82 Å². The van der Waals surface area contributed by atoms with Crippen molar-refractivity contribution in [3.63, 3.8) is 0 Å². The lowest BCUT2D eigenvalue weighted by molar-refractivity contribution is 0.100. The van der Waals surface area contributed by atoms with Gasteiger partial charge in [0.2, 0.25) is 5.91 Å². The smallest absolute Gasteiger partial charge is 0.248 e. The Balaban J connectivity index is 2.54. The van der Waals surface area contributed by atoms with Crippen molar-refractivity contribution in [3.8, 4) is 11.1 Å². The van der Waals surface area contributed by atoms with E-state index in [9.17, 15) is 13.2 Å². The van der Waals surface area contributed by atoms with Gasteiger partial charge in [0.1, 0.15) is 4.90 Å². The summed E-state index contributed by atoms with van der Waals surface area (Å²) in [6, 6.07) is 10.5. The third kappa shape index (κ3) is 3.28. The van der Waals surface area contributed by atoms with Gasteiger partial charge in [0.15, 0.2) is 15.7 Å². The van der Waals surface area contributed by atoms with Gasteiger partial charge >= 0.3 is 0 Å². The van der Waals surface area contributed by atoms with E-state index in [2.05, 4.69) is 5.10 Å². The predicted octanol–water partition coefficient (Wildman–Crippen LogP) is 2.13. The number of hydrogen-bond donors (Lipinski definition) is 1. The highest BCUT2D eigenvalue weighted by Gasteiger charge is 2.26. The Labute approximate surface area is 158 Å². The predicted molar refractivity (Wildman–Crippen MR) is 106 cm³/mol. The molecule has 1 amide bonds. The molecule has 2 aromatic heterocycles. The third-order valence-electron chi connectivity index (χ3n) is 4.41. The Kier molecular flexibility index (Phi) is 4.69. The standard InChI is InChI=1S/C19H22N4O3S/c1-5-14-9-10-15-16(12-7-6-8-13(11-12)18(20)24)17(27(4,25)26)19(22(2)3)21-23(14)15/h6-11H,5H2,1-4H3,(H2,20,24). The molecule has 3 aromatic rings. The molecule has 0 radical (unpaired) electrons. The molecule has 0 aliphatic rings. The van der Waals surface area contributed by atoms with Crippen LogP contribution >= 0.6 is 0 Å². The van der Waals surface area contributed by atoms with Crippen LogP contribution in [0.5, 0.6) is 0 Å². The summed E-state index contributed by atoms with van der Waals surface area (Å²) in [6.07, 6.45) is 1.91. The number of carbonyl (C=O) groups excluding carboxylic acids is 1. The van der Waals surface area contributed by atoms with Gasteiger partial charge in [-0.15, -0.1) is 5.10 Å². The van der Waals surface area contributed by atoms with E-state index in [1.807, 2.05) is 19.1 Å². The van der Waals surface area contributed by atoms with Crippen molar-refractivity contribution in [2.75, 3.05) is 25.3 Å². The highest BCUT2D eigenvalue weighted by atomic mass is 32.2. The molecule has 0 aliphatic carbocycles. The molecule has 8 heteroatoms. The molecule has 1 aromatic carbocycles. The summed E-state index contributed by atoms with van der Waals surface area (Å²) in [5.41, 5.74) is 8.47. The summed E-state index contributed by atoms with van der Waals surface area (Å²) in [5.74, 6) is -0.226. The summed E-state index contributed by atoms with van der Waals surface area (Å²) >= 11 is 0. The fraction of sp³-hybridized carbons (Fsp3) is 0.263. The van der Waals surface area contributed by atoms with E-state index in [1.54, 1.807) is 47.8 Å². The van der Waals surface area contributed by atoms with Gasteiger partial charge in [-0.2, -0.15) is 0 Å². The molecule has 0 saturated heterocycles. The Bertz CT molecular complexity index is 1150. The van der Waals surface area contributed by atoms with E-state index >= 15 is 0 Å². The quantitative estimate of drug-likeness (QED) is 0.724. The normalized spacial score (nSPS) is 11.7. The van der Waals surface area contributed by atoms with Crippen LogP contribution in [0.25, 0.3) is 16.6 Å². The molecule has 0 unspecified atom stereocenters. The summed E-state index contributed by atoms with van der Waals surface area (Å²) in [7, 11) is -0.110. The monoisotopic (exact) mass is 386 g/mol. The maximum absolute atomic E-state index is 12.7. The van der Waals surface area contributed by atoms with Crippen LogP contribution in [0, 0.1) is 0 Å². The SMILES string of the molecule is CCc1ccc2c(-c3cccc(C(N)=O)c3)c(S(C)(=O)=O)c(N(C)C)nn12. The van der Waals surface area contributed by atoms with E-state index in [0.29, 0.717) is 28.0 Å². The van der Waals surface area contributed by atoms with E-state index in [0.717, 1.165) is 12.1 Å². The Morgan fingerprint density at radius 1 is 1.22 bits per heavy atom. The van der Waals surface area contributed by atoms with Crippen LogP contribution in [-0.4, -0.2) is 44.3 Å². The highest BCUT2D eigenvalue weighted by Crippen LogP contribution is 2.37. The lowest BCUT2D eigenvalue weighted by Gasteiger charge is -2.20. The Morgan fingerprint density at radius 2 is 1.93 bits per heavy atom. The fourth-order valence-electron chi connectivity index (χ4n) is 3.16. The van der Waals surface area contributed by atoms with Crippen LogP contribution in [-0.2, 0) is 16.3 Å². The van der Waals surface area contributed by atoms with Crippen LogP contribution < -0.4 is 10.6 Å². The van der Waals surface area contributed by atoms with Gasteiger partial charge < -0.3 is 10.6 Å². The second kappa shape index (κ2) is 6.70. The molecule has 0 aliphatic heterocycles. The number of sulfone groups is 1. The molecule has 27 heavy (non-hydrogen) atoms. The molecule has 0 saturated carbocycles. The molecular weight excluding hydrogens is 364 g/mol. The zero-order chi connectivity index (χ0) is 19.9. The summed E-state index contributed by atoms with van der Waals surface area (Å²) in [5, 5.41) is 4.59. The number of carbonyl (C=O) groups is 1. The number of anilines is 1. The van der Waals surface area contributed by atoms with Gasteiger partial charge in [-0.25, -0.2) is 12.9 Å². The van der Waals surface area contributed by atoms with Gasteiger partial charge in [-0.3, -0.25) is 4.79 Å². The molecule has 142 valence electrons. The maximum atomic E-state index is 12.7. The molecule has 2 N–H and O–H groups in total. The van der Waals surface area contributed by atoms with E-state index in [-0.39, 0.29) is 4.90 Å². The number of nitrogens with two attached hydrogens (primary N) is 1. The molecule has 0 bridgehead atoms. The van der Waals surface area contributed by atoms with Crippen molar-refractivity contribution in [1.82, 2.24) is 9.61 Å². The highest BCUT2D eigenvalue weighted by molar-refractivity contribution is 7.91. The number of rotatable bonds is 5. The van der Waals surface area contributed by atoms with E-state index in [4.69, 9.17) is 5.73 Å². The zero-order valence-corrected chi connectivity index (χ0v) is 16.5. The molecule has 0 fully saturated rings. The lowest BCUT2D eigenvalue weighted by Crippen LogP contribution is -2.19. The first kappa shape index (κ1) is 18.9. The minimum atomic E-state index is -3.61. The largest absolute Gasteiger partial charge is 0.366 e. The van der Waals surface area contributed by atoms with Gasteiger partial charge in [0.05, 0.1) is 5.52 Å². The average Bonchev–Trinajstić information content (AvgIpc) is 3.02. The van der Waals surface area contributed by atoms with Gasteiger partial charge in [0, 0.05) is 37.2 Å². The van der Waals surface area contributed by atoms with Crippen LogP contribution in [0.15, 0.2) is 41.3 Å². The Morgan fingerprint density at radius 3 is 2.48 bits per heavy atom. The minimum absolute atomic E-state index is 0.127. The zero-order valence-electron chi connectivity index (χ0n) is 15.7. The van der Waals surface area contributed by atoms with Crippen molar-refractivity contribution in [2.45, 2.75) is 18.2 Å². The van der Waals surface area contributed by atoms with E-state index in [1.165, 1.54) is 6.26 Å². The second-order valence-corrected chi connectivity index (χ2v) is 8.57. The van der Waals surface area contributed by atoms with Gasteiger partial charge in [0.25, 0.3) is 0 Å². The lowest BCUT2D eigenvalue weighted by atomic mass is 10.0. The van der Waals surface area contributed by atoms with Gasteiger partial charge in [-0.1, -0.05) is 19.1 Å². The van der Waals surface area contributed by atoms with Crippen molar-refractivity contribution < 1.29 is 13.2 Å². The third-order valence-corrected chi connectivity index (χ3v) is 5.54. The average molecular weight is 386 g/mol. The summed E-state index contributed by atoms with van der Waals surface area (Å²) in [6.45, 7) is 2.01. The maximum Gasteiger partial charge on any atom is 0.248 e. The number of fused-ring (bicyclic) bond motifs is 1. The number of aryl methyl sites for hydroxylation is 1. The van der Waals surface area contributed by atoms with Crippen LogP contribution in [0.2, 0.25) is 0 Å². The molecule has 2 heterocycles. The molecule has 0 spiro atoms. The summed E-state index contributed by atoms with van der Waals surface area (Å²) in [4.78, 5) is 13.4. The number of primary amides is 1. The first-order valence-corrected chi connectivity index (χ1v) is 10.4. The van der Waals surface area contributed by atoms with Crippen molar-refractivity contribution >= 4 is 27.1 Å². The molecule has 0 atom stereocenters. The number of aromatic nitrogens is 2. The number of benzene rings is 1. The minimum Gasteiger partial charge on any atom is -0.366 e. The number of nitrogens with zero attached hydrogens (tertiary/aromatic N) is 3. The second-order valence-electron chi connectivity index (χ2n) is 6.61. The number of amides is 1. The van der Waals surface area contributed by atoms with Crippen LogP contribution in [0.1, 0.15) is 23.0 Å². The molecule has 3 rings (SSSR count). The molecule has 7 nitrogen and oxygen atoms in total. The van der Waals surface area contributed by atoms with Crippen molar-refractivity contribution in [1.29, 1.82) is 0 Å². The topological polar surface area (TPSA) is 97.8 Å².